The molecule has 0 aliphatic heterocycles. The van der Waals surface area contributed by atoms with Gasteiger partial charge in [0, 0.05) is 4.47 Å². The quantitative estimate of drug-likeness (QED) is 0.790. The van der Waals surface area contributed by atoms with E-state index in [2.05, 4.69) is 21.2 Å². The Morgan fingerprint density at radius 3 is 2.42 bits per heavy atom. The first kappa shape index (κ1) is 14.8. The molecule has 0 fully saturated rings. The molecule has 2 aromatic carbocycles. The van der Waals surface area contributed by atoms with Crippen LogP contribution in [0.15, 0.2) is 40.9 Å². The van der Waals surface area contributed by atoms with Crippen LogP contribution >= 0.6 is 39.1 Å². The molecule has 1 atom stereocenters. The molecule has 1 unspecified atom stereocenters. The van der Waals surface area contributed by atoms with Crippen LogP contribution in [0, 0.1) is 5.82 Å². The van der Waals surface area contributed by atoms with Crippen LogP contribution in [-0.2, 0) is 0 Å². The number of nitrogens with one attached hydrogen (secondary N) is 1. The molecule has 19 heavy (non-hydrogen) atoms. The van der Waals surface area contributed by atoms with Crippen LogP contribution in [0.5, 0.6) is 0 Å². The van der Waals surface area contributed by atoms with E-state index in [1.54, 1.807) is 18.2 Å². The van der Waals surface area contributed by atoms with E-state index in [0.717, 1.165) is 11.1 Å². The SMILES string of the molecule is CNC(c1ccc(Cl)c(Cl)c1)c1ccc(F)cc1Br. The zero-order chi connectivity index (χ0) is 14.0. The van der Waals surface area contributed by atoms with Crippen molar-refractivity contribution in [3.63, 3.8) is 0 Å². The number of halogens is 4. The fourth-order valence-corrected chi connectivity index (χ4v) is 2.82. The van der Waals surface area contributed by atoms with Crippen LogP contribution in [0.4, 0.5) is 4.39 Å². The third kappa shape index (κ3) is 3.29. The van der Waals surface area contributed by atoms with Crippen molar-refractivity contribution in [1.82, 2.24) is 5.32 Å². The molecule has 2 aromatic rings. The van der Waals surface area contributed by atoms with Crippen molar-refractivity contribution in [2.45, 2.75) is 6.04 Å². The Kier molecular flexibility index (Phi) is 4.85. The van der Waals surface area contributed by atoms with Gasteiger partial charge in [-0.3, -0.25) is 0 Å². The van der Waals surface area contributed by atoms with Crippen molar-refractivity contribution < 1.29 is 4.39 Å². The number of hydrogen-bond acceptors (Lipinski definition) is 1. The van der Waals surface area contributed by atoms with Gasteiger partial charge in [0.1, 0.15) is 5.82 Å². The zero-order valence-corrected chi connectivity index (χ0v) is 13.2. The molecule has 0 aliphatic rings. The van der Waals surface area contributed by atoms with Gasteiger partial charge in [0.05, 0.1) is 16.1 Å². The van der Waals surface area contributed by atoms with Crippen molar-refractivity contribution in [3.05, 3.63) is 67.9 Å². The van der Waals surface area contributed by atoms with Crippen LogP contribution in [0.3, 0.4) is 0 Å². The molecule has 0 aliphatic carbocycles. The molecule has 100 valence electrons. The summed E-state index contributed by atoms with van der Waals surface area (Å²) in [5.41, 5.74) is 1.89. The zero-order valence-electron chi connectivity index (χ0n) is 10.1. The summed E-state index contributed by atoms with van der Waals surface area (Å²) in [6.45, 7) is 0. The fourth-order valence-electron chi connectivity index (χ4n) is 1.93. The van der Waals surface area contributed by atoms with E-state index in [9.17, 15) is 4.39 Å². The first-order valence-corrected chi connectivity index (χ1v) is 7.15. The highest BCUT2D eigenvalue weighted by Gasteiger charge is 2.16. The van der Waals surface area contributed by atoms with Crippen LogP contribution in [0.2, 0.25) is 10.0 Å². The third-order valence-corrected chi connectivity index (χ3v) is 4.26. The van der Waals surface area contributed by atoms with Gasteiger partial charge in [-0.1, -0.05) is 51.3 Å². The molecule has 0 spiro atoms. The lowest BCUT2D eigenvalue weighted by atomic mass is 9.99. The highest BCUT2D eigenvalue weighted by molar-refractivity contribution is 9.10. The average molecular weight is 363 g/mol. The van der Waals surface area contributed by atoms with Gasteiger partial charge in [-0.15, -0.1) is 0 Å². The molecule has 0 amide bonds. The van der Waals surface area contributed by atoms with Gasteiger partial charge in [0.25, 0.3) is 0 Å². The Hall–Kier alpha value is -0.610. The highest BCUT2D eigenvalue weighted by atomic mass is 79.9. The molecule has 1 nitrogen and oxygen atoms in total. The van der Waals surface area contributed by atoms with Gasteiger partial charge in [-0.05, 0) is 42.4 Å². The molecule has 0 saturated carbocycles. The molecule has 0 heterocycles. The summed E-state index contributed by atoms with van der Waals surface area (Å²) < 4.78 is 13.9. The molecular formula is C14H11BrCl2FN. The predicted molar refractivity (Wildman–Crippen MR) is 81.5 cm³/mol. The molecule has 0 saturated heterocycles. The lowest BCUT2D eigenvalue weighted by molar-refractivity contribution is 0.621. The van der Waals surface area contributed by atoms with Crippen molar-refractivity contribution in [1.29, 1.82) is 0 Å². The number of rotatable bonds is 3. The lowest BCUT2D eigenvalue weighted by Crippen LogP contribution is -2.18. The standard InChI is InChI=1S/C14H11BrCl2FN/c1-19-14(8-2-5-12(16)13(17)6-8)10-4-3-9(18)7-11(10)15/h2-7,14,19H,1H3. The molecule has 0 aromatic heterocycles. The minimum absolute atomic E-state index is 0.0928. The van der Waals surface area contributed by atoms with Gasteiger partial charge >= 0.3 is 0 Å². The monoisotopic (exact) mass is 361 g/mol. The molecular weight excluding hydrogens is 352 g/mol. The minimum Gasteiger partial charge on any atom is -0.309 e. The summed E-state index contributed by atoms with van der Waals surface area (Å²) in [6.07, 6.45) is 0. The lowest BCUT2D eigenvalue weighted by Gasteiger charge is -2.19. The smallest absolute Gasteiger partial charge is 0.124 e. The predicted octanol–water partition coefficient (Wildman–Crippen LogP) is 5.20. The Morgan fingerprint density at radius 1 is 1.11 bits per heavy atom. The van der Waals surface area contributed by atoms with Gasteiger partial charge in [-0.2, -0.15) is 0 Å². The average Bonchev–Trinajstić information content (AvgIpc) is 2.37. The second-order valence-corrected chi connectivity index (χ2v) is 5.73. The van der Waals surface area contributed by atoms with E-state index in [1.807, 2.05) is 13.1 Å². The second-order valence-electron chi connectivity index (χ2n) is 4.06. The second kappa shape index (κ2) is 6.23. The van der Waals surface area contributed by atoms with E-state index < -0.39 is 0 Å². The highest BCUT2D eigenvalue weighted by Crippen LogP contribution is 2.32. The van der Waals surface area contributed by atoms with E-state index in [4.69, 9.17) is 23.2 Å². The Morgan fingerprint density at radius 2 is 1.84 bits per heavy atom. The minimum atomic E-state index is -0.278. The maximum absolute atomic E-state index is 13.1. The Bertz CT molecular complexity index is 604. The van der Waals surface area contributed by atoms with Gasteiger partial charge < -0.3 is 5.32 Å². The van der Waals surface area contributed by atoms with Crippen molar-refractivity contribution in [2.24, 2.45) is 0 Å². The first-order valence-electron chi connectivity index (χ1n) is 5.60. The Balaban J connectivity index is 2.46. The van der Waals surface area contributed by atoms with Crippen molar-refractivity contribution in [2.75, 3.05) is 7.05 Å². The number of hydrogen-bond donors (Lipinski definition) is 1. The van der Waals surface area contributed by atoms with E-state index in [0.29, 0.717) is 14.5 Å². The normalized spacial score (nSPS) is 12.5. The van der Waals surface area contributed by atoms with E-state index in [1.165, 1.54) is 12.1 Å². The van der Waals surface area contributed by atoms with Crippen LogP contribution in [-0.4, -0.2) is 7.05 Å². The topological polar surface area (TPSA) is 12.0 Å². The summed E-state index contributed by atoms with van der Waals surface area (Å²) in [4.78, 5) is 0. The Labute approximate surface area is 129 Å². The van der Waals surface area contributed by atoms with Crippen molar-refractivity contribution >= 4 is 39.1 Å². The summed E-state index contributed by atoms with van der Waals surface area (Å²) in [5.74, 6) is -0.278. The molecule has 5 heteroatoms. The summed E-state index contributed by atoms with van der Waals surface area (Å²) in [6, 6.07) is 9.97. The van der Waals surface area contributed by atoms with E-state index in [-0.39, 0.29) is 11.9 Å². The maximum Gasteiger partial charge on any atom is 0.124 e. The van der Waals surface area contributed by atoms with Crippen LogP contribution < -0.4 is 5.32 Å². The van der Waals surface area contributed by atoms with Crippen molar-refractivity contribution in [3.8, 4) is 0 Å². The van der Waals surface area contributed by atoms with Crippen LogP contribution in [0.25, 0.3) is 0 Å². The molecule has 0 bridgehead atoms. The summed E-state index contributed by atoms with van der Waals surface area (Å²) in [7, 11) is 1.84. The molecule has 1 N–H and O–H groups in total. The summed E-state index contributed by atoms with van der Waals surface area (Å²) >= 11 is 15.3. The summed E-state index contributed by atoms with van der Waals surface area (Å²) in [5, 5.41) is 4.20. The van der Waals surface area contributed by atoms with Gasteiger partial charge in [0.15, 0.2) is 0 Å². The van der Waals surface area contributed by atoms with Gasteiger partial charge in [-0.25, -0.2) is 4.39 Å². The first-order chi connectivity index (χ1) is 9.02. The molecule has 2 rings (SSSR count). The largest absolute Gasteiger partial charge is 0.309 e. The maximum atomic E-state index is 13.1. The molecule has 0 radical (unpaired) electrons. The van der Waals surface area contributed by atoms with E-state index >= 15 is 0 Å². The fraction of sp³-hybridized carbons (Fsp3) is 0.143. The van der Waals surface area contributed by atoms with Gasteiger partial charge in [0.2, 0.25) is 0 Å². The third-order valence-electron chi connectivity index (χ3n) is 2.84. The van der Waals surface area contributed by atoms with Crippen LogP contribution in [0.1, 0.15) is 17.2 Å². The number of benzene rings is 2.